The smallest absolute Gasteiger partial charge is 0.144 e. The average molecular weight is 252 g/mol. The lowest BCUT2D eigenvalue weighted by Crippen LogP contribution is -2.24. The number of nitrogens with zero attached hydrogens (tertiary/aromatic N) is 1. The first-order valence-electron chi connectivity index (χ1n) is 6.40. The Morgan fingerprint density at radius 3 is 2.67 bits per heavy atom. The lowest BCUT2D eigenvalue weighted by atomic mass is 10.2. The summed E-state index contributed by atoms with van der Waals surface area (Å²) in [7, 11) is 2.01. The van der Waals surface area contributed by atoms with Gasteiger partial charge in [0.2, 0.25) is 0 Å². The molecule has 0 aliphatic carbocycles. The van der Waals surface area contributed by atoms with Crippen molar-refractivity contribution in [1.29, 1.82) is 0 Å². The summed E-state index contributed by atoms with van der Waals surface area (Å²) in [6.45, 7) is 8.12. The third-order valence-electron chi connectivity index (χ3n) is 2.63. The van der Waals surface area contributed by atoms with E-state index in [-0.39, 0.29) is 6.10 Å². The van der Waals surface area contributed by atoms with Gasteiger partial charge in [0.15, 0.2) is 0 Å². The van der Waals surface area contributed by atoms with Crippen molar-refractivity contribution in [2.24, 2.45) is 0 Å². The van der Waals surface area contributed by atoms with Gasteiger partial charge in [-0.3, -0.25) is 0 Å². The fraction of sp³-hybridized carbons (Fsp3) is 0.571. The van der Waals surface area contributed by atoms with E-state index < -0.39 is 0 Å². The van der Waals surface area contributed by atoms with E-state index in [1.807, 2.05) is 46.0 Å². The molecule has 0 amide bonds. The quantitative estimate of drug-likeness (QED) is 0.758. The fourth-order valence-corrected chi connectivity index (χ4v) is 1.69. The molecule has 0 radical (unpaired) electrons. The molecule has 0 aromatic heterocycles. The first-order chi connectivity index (χ1) is 8.56. The third-order valence-corrected chi connectivity index (χ3v) is 2.63. The molecule has 0 heterocycles. The summed E-state index contributed by atoms with van der Waals surface area (Å²) in [6, 6.07) is 5.84. The third kappa shape index (κ3) is 4.11. The van der Waals surface area contributed by atoms with Crippen LogP contribution in [0.2, 0.25) is 0 Å². The molecule has 0 aliphatic rings. The van der Waals surface area contributed by atoms with Crippen LogP contribution >= 0.6 is 0 Å². The van der Waals surface area contributed by atoms with E-state index in [1.54, 1.807) is 0 Å². The van der Waals surface area contributed by atoms with E-state index in [0.29, 0.717) is 18.9 Å². The van der Waals surface area contributed by atoms with Crippen LogP contribution in [0.15, 0.2) is 18.2 Å². The van der Waals surface area contributed by atoms with Crippen LogP contribution in [0.4, 0.5) is 11.4 Å². The normalized spacial score (nSPS) is 10.7. The SMILES string of the molecule is CCOc1cccc(N(C)CCOC(C)C)c1N. The molecule has 0 aliphatic heterocycles. The summed E-state index contributed by atoms with van der Waals surface area (Å²) in [6.07, 6.45) is 0.255. The second-order valence-electron chi connectivity index (χ2n) is 4.46. The van der Waals surface area contributed by atoms with E-state index in [1.165, 1.54) is 0 Å². The molecule has 18 heavy (non-hydrogen) atoms. The first-order valence-corrected chi connectivity index (χ1v) is 6.40. The number of nitrogens with two attached hydrogens (primary N) is 1. The number of anilines is 2. The molecule has 0 spiro atoms. The van der Waals surface area contributed by atoms with Gasteiger partial charge in [0.1, 0.15) is 5.75 Å². The molecule has 0 saturated heterocycles. The minimum atomic E-state index is 0.255. The van der Waals surface area contributed by atoms with Crippen LogP contribution in [0.3, 0.4) is 0 Å². The molecular formula is C14H24N2O2. The Morgan fingerprint density at radius 2 is 2.06 bits per heavy atom. The molecule has 4 heteroatoms. The Bertz CT molecular complexity index is 367. The van der Waals surface area contributed by atoms with E-state index in [0.717, 1.165) is 18.0 Å². The first kappa shape index (κ1) is 14.6. The number of ether oxygens (including phenoxy) is 2. The Labute approximate surface area is 110 Å². The highest BCUT2D eigenvalue weighted by molar-refractivity contribution is 5.73. The molecule has 0 fully saturated rings. The van der Waals surface area contributed by atoms with Gasteiger partial charge >= 0.3 is 0 Å². The van der Waals surface area contributed by atoms with Gasteiger partial charge in [0.05, 0.1) is 30.7 Å². The zero-order valence-electron chi connectivity index (χ0n) is 11.8. The van der Waals surface area contributed by atoms with Gasteiger partial charge in [-0.05, 0) is 32.9 Å². The Balaban J connectivity index is 2.67. The topological polar surface area (TPSA) is 47.7 Å². The molecule has 4 nitrogen and oxygen atoms in total. The Kier molecular flexibility index (Phi) is 5.78. The standard InChI is InChI=1S/C14H24N2O2/c1-5-17-13-8-6-7-12(14(13)15)16(4)9-10-18-11(2)3/h6-8,11H,5,9-10,15H2,1-4H3. The lowest BCUT2D eigenvalue weighted by Gasteiger charge is -2.22. The van der Waals surface area contributed by atoms with Gasteiger partial charge in [0, 0.05) is 13.6 Å². The van der Waals surface area contributed by atoms with Crippen LogP contribution in [-0.4, -0.2) is 32.9 Å². The van der Waals surface area contributed by atoms with Crippen LogP contribution in [0, 0.1) is 0 Å². The van der Waals surface area contributed by atoms with Crippen LogP contribution < -0.4 is 15.4 Å². The van der Waals surface area contributed by atoms with Gasteiger partial charge in [-0.25, -0.2) is 0 Å². The van der Waals surface area contributed by atoms with Crippen LogP contribution in [0.25, 0.3) is 0 Å². The second kappa shape index (κ2) is 7.11. The maximum absolute atomic E-state index is 6.09. The van der Waals surface area contributed by atoms with Crippen LogP contribution in [-0.2, 0) is 4.74 Å². The number of rotatable bonds is 7. The van der Waals surface area contributed by atoms with E-state index in [9.17, 15) is 0 Å². The predicted octanol–water partition coefficient (Wildman–Crippen LogP) is 2.53. The van der Waals surface area contributed by atoms with Crippen molar-refractivity contribution in [3.63, 3.8) is 0 Å². The molecule has 2 N–H and O–H groups in total. The molecule has 102 valence electrons. The molecule has 0 unspecified atom stereocenters. The molecule has 1 aromatic rings. The monoisotopic (exact) mass is 252 g/mol. The minimum absolute atomic E-state index is 0.255. The maximum atomic E-state index is 6.09. The molecule has 1 aromatic carbocycles. The zero-order valence-corrected chi connectivity index (χ0v) is 11.8. The summed E-state index contributed by atoms with van der Waals surface area (Å²) in [5.41, 5.74) is 7.76. The minimum Gasteiger partial charge on any atom is -0.492 e. The van der Waals surface area contributed by atoms with Gasteiger partial charge in [-0.2, -0.15) is 0 Å². The highest BCUT2D eigenvalue weighted by Gasteiger charge is 2.09. The van der Waals surface area contributed by atoms with Crippen LogP contribution in [0.1, 0.15) is 20.8 Å². The molecule has 0 saturated carbocycles. The average Bonchev–Trinajstić information content (AvgIpc) is 2.31. The number of nitrogen functional groups attached to an aromatic ring is 1. The predicted molar refractivity (Wildman–Crippen MR) is 76.4 cm³/mol. The molecule has 0 bridgehead atoms. The number of para-hydroxylation sites is 1. The Morgan fingerprint density at radius 1 is 1.33 bits per heavy atom. The highest BCUT2D eigenvalue weighted by Crippen LogP contribution is 2.31. The molecule has 1 rings (SSSR count). The van der Waals surface area contributed by atoms with Gasteiger partial charge in [-0.1, -0.05) is 6.07 Å². The number of hydrogen-bond acceptors (Lipinski definition) is 4. The second-order valence-corrected chi connectivity index (χ2v) is 4.46. The summed E-state index contributed by atoms with van der Waals surface area (Å²) in [4.78, 5) is 2.08. The molecular weight excluding hydrogens is 228 g/mol. The fourth-order valence-electron chi connectivity index (χ4n) is 1.69. The van der Waals surface area contributed by atoms with Crippen molar-refractivity contribution in [3.05, 3.63) is 18.2 Å². The van der Waals surface area contributed by atoms with Crippen molar-refractivity contribution in [3.8, 4) is 5.75 Å². The summed E-state index contributed by atoms with van der Waals surface area (Å²) >= 11 is 0. The van der Waals surface area contributed by atoms with E-state index >= 15 is 0 Å². The van der Waals surface area contributed by atoms with Crippen molar-refractivity contribution < 1.29 is 9.47 Å². The number of likely N-dealkylation sites (N-methyl/N-ethyl adjacent to an activating group) is 1. The number of benzene rings is 1. The van der Waals surface area contributed by atoms with Crippen molar-refractivity contribution in [2.75, 3.05) is 37.4 Å². The van der Waals surface area contributed by atoms with E-state index in [2.05, 4.69) is 4.90 Å². The summed E-state index contributed by atoms with van der Waals surface area (Å²) in [5, 5.41) is 0. The van der Waals surface area contributed by atoms with Crippen LogP contribution in [0.5, 0.6) is 5.75 Å². The number of hydrogen-bond donors (Lipinski definition) is 1. The van der Waals surface area contributed by atoms with Crippen molar-refractivity contribution >= 4 is 11.4 Å². The van der Waals surface area contributed by atoms with Gasteiger partial charge in [0.25, 0.3) is 0 Å². The highest BCUT2D eigenvalue weighted by atomic mass is 16.5. The molecule has 0 atom stereocenters. The van der Waals surface area contributed by atoms with Crippen molar-refractivity contribution in [2.45, 2.75) is 26.9 Å². The summed E-state index contributed by atoms with van der Waals surface area (Å²) in [5.74, 6) is 0.742. The summed E-state index contributed by atoms with van der Waals surface area (Å²) < 4.78 is 11.0. The zero-order chi connectivity index (χ0) is 13.5. The van der Waals surface area contributed by atoms with Gasteiger partial charge in [-0.15, -0.1) is 0 Å². The lowest BCUT2D eigenvalue weighted by molar-refractivity contribution is 0.0846. The Hall–Kier alpha value is -1.42. The van der Waals surface area contributed by atoms with E-state index in [4.69, 9.17) is 15.2 Å². The van der Waals surface area contributed by atoms with Crippen molar-refractivity contribution in [1.82, 2.24) is 0 Å². The maximum Gasteiger partial charge on any atom is 0.144 e. The largest absolute Gasteiger partial charge is 0.492 e. The van der Waals surface area contributed by atoms with Gasteiger partial charge < -0.3 is 20.1 Å².